The van der Waals surface area contributed by atoms with E-state index in [-0.39, 0.29) is 0 Å². The highest BCUT2D eigenvalue weighted by Crippen LogP contribution is 2.23. The molecule has 0 amide bonds. The Morgan fingerprint density at radius 2 is 1.44 bits per heavy atom. The monoisotopic (exact) mass is 378 g/mol. The van der Waals surface area contributed by atoms with Gasteiger partial charge in [-0.15, -0.1) is 0 Å². The Morgan fingerprint density at radius 3 is 2.08 bits per heavy atom. The Morgan fingerprint density at radius 1 is 0.840 bits per heavy atom. The van der Waals surface area contributed by atoms with Crippen molar-refractivity contribution in [2.75, 3.05) is 26.2 Å². The van der Waals surface area contributed by atoms with E-state index in [1.54, 1.807) is 0 Å². The highest BCUT2D eigenvalue weighted by atomic mass is 35.5. The molecule has 4 nitrogen and oxygen atoms in total. The lowest BCUT2D eigenvalue weighted by Gasteiger charge is -2.34. The molecule has 0 bridgehead atoms. The van der Waals surface area contributed by atoms with Crippen LogP contribution in [0.4, 0.5) is 0 Å². The third kappa shape index (κ3) is 4.70. The first kappa shape index (κ1) is 18.6. The fourth-order valence-electron chi connectivity index (χ4n) is 3.12. The van der Waals surface area contributed by atoms with Crippen LogP contribution in [0.25, 0.3) is 0 Å². The van der Waals surface area contributed by atoms with Gasteiger partial charge >= 0.3 is 0 Å². The van der Waals surface area contributed by atoms with E-state index in [0.717, 1.165) is 72.6 Å². The maximum Gasteiger partial charge on any atom is 0.0759 e. The minimum atomic E-state index is 0.684. The predicted octanol–water partition coefficient (Wildman–Crippen LogP) is 4.03. The fraction of sp³-hybridized carbons (Fsp3) is 0.474. The van der Waals surface area contributed by atoms with E-state index in [2.05, 4.69) is 14.8 Å². The highest BCUT2D eigenvalue weighted by Gasteiger charge is 2.19. The van der Waals surface area contributed by atoms with E-state index in [9.17, 15) is 0 Å². The third-order valence-corrected chi connectivity index (χ3v) is 5.41. The largest absolute Gasteiger partial charge is 0.296 e. The zero-order valence-electron chi connectivity index (χ0n) is 15.0. The standard InChI is InChI=1S/C19H24Cl2N4/c1-13-14(2)23-19(15(3)22-13)12-25-8-6-24(7-9-25)11-16-4-5-17(20)10-18(16)21/h4-5,10H,6-9,11-12H2,1-3H3. The van der Waals surface area contributed by atoms with Gasteiger partial charge in [0, 0.05) is 49.3 Å². The van der Waals surface area contributed by atoms with Gasteiger partial charge in [0.15, 0.2) is 0 Å². The molecular weight excluding hydrogens is 355 g/mol. The molecule has 0 atom stereocenters. The molecule has 1 fully saturated rings. The van der Waals surface area contributed by atoms with Crippen molar-refractivity contribution in [3.05, 3.63) is 56.6 Å². The molecule has 1 aliphatic heterocycles. The number of aromatic nitrogens is 2. The Balaban J connectivity index is 1.56. The molecule has 134 valence electrons. The van der Waals surface area contributed by atoms with Crippen molar-refractivity contribution in [3.8, 4) is 0 Å². The van der Waals surface area contributed by atoms with Crippen molar-refractivity contribution in [1.29, 1.82) is 0 Å². The molecular formula is C19H24Cl2N4. The molecule has 2 aromatic rings. The van der Waals surface area contributed by atoms with Crippen LogP contribution in [-0.4, -0.2) is 45.9 Å². The van der Waals surface area contributed by atoms with E-state index in [1.807, 2.05) is 39.0 Å². The fourth-order valence-corrected chi connectivity index (χ4v) is 3.59. The summed E-state index contributed by atoms with van der Waals surface area (Å²) >= 11 is 12.3. The number of piperazine rings is 1. The average Bonchev–Trinajstić information content (AvgIpc) is 2.57. The third-order valence-electron chi connectivity index (χ3n) is 4.83. The van der Waals surface area contributed by atoms with Crippen molar-refractivity contribution < 1.29 is 0 Å². The summed E-state index contributed by atoms with van der Waals surface area (Å²) in [4.78, 5) is 14.2. The van der Waals surface area contributed by atoms with Gasteiger partial charge in [-0.2, -0.15) is 0 Å². The molecule has 1 aliphatic rings. The number of aryl methyl sites for hydroxylation is 3. The molecule has 0 unspecified atom stereocenters. The van der Waals surface area contributed by atoms with Crippen LogP contribution in [0.1, 0.15) is 28.3 Å². The molecule has 3 rings (SSSR count). The zero-order valence-corrected chi connectivity index (χ0v) is 16.5. The normalized spacial score (nSPS) is 16.4. The number of rotatable bonds is 4. The van der Waals surface area contributed by atoms with Crippen LogP contribution in [0.15, 0.2) is 18.2 Å². The maximum absolute atomic E-state index is 6.29. The molecule has 0 saturated carbocycles. The van der Waals surface area contributed by atoms with Gasteiger partial charge in [0.25, 0.3) is 0 Å². The summed E-state index contributed by atoms with van der Waals surface area (Å²) in [7, 11) is 0. The molecule has 1 saturated heterocycles. The topological polar surface area (TPSA) is 32.3 Å². The molecule has 1 aromatic carbocycles. The van der Waals surface area contributed by atoms with Crippen molar-refractivity contribution in [2.45, 2.75) is 33.9 Å². The van der Waals surface area contributed by atoms with Crippen LogP contribution in [0.2, 0.25) is 10.0 Å². The summed E-state index contributed by atoms with van der Waals surface area (Å²) in [5.74, 6) is 0. The maximum atomic E-state index is 6.29. The lowest BCUT2D eigenvalue weighted by Crippen LogP contribution is -2.45. The molecule has 2 heterocycles. The van der Waals surface area contributed by atoms with Gasteiger partial charge in [-0.05, 0) is 38.5 Å². The van der Waals surface area contributed by atoms with Crippen molar-refractivity contribution >= 4 is 23.2 Å². The van der Waals surface area contributed by atoms with Gasteiger partial charge in [0.2, 0.25) is 0 Å². The van der Waals surface area contributed by atoms with Gasteiger partial charge in [0.05, 0.1) is 22.8 Å². The second kappa shape index (κ2) is 8.00. The molecule has 0 N–H and O–H groups in total. The van der Waals surface area contributed by atoms with Crippen molar-refractivity contribution in [2.24, 2.45) is 0 Å². The Bertz CT molecular complexity index is 755. The summed E-state index contributed by atoms with van der Waals surface area (Å²) in [6.45, 7) is 11.9. The molecule has 0 aliphatic carbocycles. The van der Waals surface area contributed by atoms with Gasteiger partial charge in [-0.3, -0.25) is 19.8 Å². The van der Waals surface area contributed by atoms with E-state index in [4.69, 9.17) is 28.2 Å². The highest BCUT2D eigenvalue weighted by molar-refractivity contribution is 6.35. The molecule has 6 heteroatoms. The van der Waals surface area contributed by atoms with Crippen LogP contribution < -0.4 is 0 Å². The number of hydrogen-bond acceptors (Lipinski definition) is 4. The second-order valence-corrected chi connectivity index (χ2v) is 7.56. The summed E-state index contributed by atoms with van der Waals surface area (Å²) in [5.41, 5.74) is 5.31. The summed E-state index contributed by atoms with van der Waals surface area (Å²) in [6, 6.07) is 5.74. The van der Waals surface area contributed by atoms with Gasteiger partial charge in [0.1, 0.15) is 0 Å². The molecule has 0 radical (unpaired) electrons. The molecule has 25 heavy (non-hydrogen) atoms. The first-order chi connectivity index (χ1) is 11.9. The van der Waals surface area contributed by atoms with E-state index in [0.29, 0.717) is 5.02 Å². The Hall–Kier alpha value is -1.20. The van der Waals surface area contributed by atoms with Gasteiger partial charge in [-0.1, -0.05) is 29.3 Å². The Kier molecular flexibility index (Phi) is 5.95. The minimum absolute atomic E-state index is 0.684. The first-order valence-corrected chi connectivity index (χ1v) is 9.37. The average molecular weight is 379 g/mol. The smallest absolute Gasteiger partial charge is 0.0759 e. The lowest BCUT2D eigenvalue weighted by molar-refractivity contribution is 0.120. The first-order valence-electron chi connectivity index (χ1n) is 8.61. The molecule has 0 spiro atoms. The van der Waals surface area contributed by atoms with Crippen LogP contribution in [-0.2, 0) is 13.1 Å². The van der Waals surface area contributed by atoms with Crippen molar-refractivity contribution in [1.82, 2.24) is 19.8 Å². The lowest BCUT2D eigenvalue weighted by atomic mass is 10.2. The van der Waals surface area contributed by atoms with Crippen molar-refractivity contribution in [3.63, 3.8) is 0 Å². The van der Waals surface area contributed by atoms with Gasteiger partial charge < -0.3 is 0 Å². The van der Waals surface area contributed by atoms with Crippen LogP contribution in [0.5, 0.6) is 0 Å². The molecule has 1 aromatic heterocycles. The number of benzene rings is 1. The summed E-state index contributed by atoms with van der Waals surface area (Å²) in [6.07, 6.45) is 0. The zero-order chi connectivity index (χ0) is 18.0. The van der Waals surface area contributed by atoms with E-state index >= 15 is 0 Å². The van der Waals surface area contributed by atoms with E-state index < -0.39 is 0 Å². The number of nitrogens with zero attached hydrogens (tertiary/aromatic N) is 4. The SMILES string of the molecule is Cc1nc(C)c(CN2CCN(Cc3ccc(Cl)cc3Cl)CC2)nc1C. The Labute approximate surface area is 159 Å². The van der Waals surface area contributed by atoms with Crippen LogP contribution in [0, 0.1) is 20.8 Å². The second-order valence-electron chi connectivity index (χ2n) is 6.71. The predicted molar refractivity (Wildman–Crippen MR) is 103 cm³/mol. The van der Waals surface area contributed by atoms with Crippen LogP contribution in [0.3, 0.4) is 0 Å². The van der Waals surface area contributed by atoms with Gasteiger partial charge in [-0.25, -0.2) is 0 Å². The number of halogens is 2. The minimum Gasteiger partial charge on any atom is -0.296 e. The number of hydrogen-bond donors (Lipinski definition) is 0. The van der Waals surface area contributed by atoms with Crippen LogP contribution >= 0.6 is 23.2 Å². The summed E-state index contributed by atoms with van der Waals surface area (Å²) in [5, 5.41) is 1.43. The van der Waals surface area contributed by atoms with E-state index in [1.165, 1.54) is 0 Å². The summed E-state index contributed by atoms with van der Waals surface area (Å²) < 4.78 is 0. The quantitative estimate of drug-likeness (QED) is 0.803.